The number of imidazole rings is 1. The Morgan fingerprint density at radius 3 is 3.26 bits per heavy atom. The van der Waals surface area contributed by atoms with Crippen LogP contribution in [0.25, 0.3) is 4.96 Å². The fourth-order valence-electron chi connectivity index (χ4n) is 3.31. The second-order valence-corrected chi connectivity index (χ2v) is 6.77. The van der Waals surface area contributed by atoms with E-state index in [2.05, 4.69) is 48.3 Å². The zero-order chi connectivity index (χ0) is 15.6. The number of aromatic nitrogens is 4. The van der Waals surface area contributed by atoms with Crippen LogP contribution >= 0.6 is 11.3 Å². The van der Waals surface area contributed by atoms with Crippen molar-refractivity contribution in [1.29, 1.82) is 0 Å². The van der Waals surface area contributed by atoms with Crippen molar-refractivity contribution in [2.45, 2.75) is 32.4 Å². The van der Waals surface area contributed by atoms with Gasteiger partial charge < -0.3 is 10.2 Å². The molecule has 1 unspecified atom stereocenters. The maximum absolute atomic E-state index is 4.60. The van der Waals surface area contributed by atoms with Gasteiger partial charge in [-0.1, -0.05) is 0 Å². The topological polar surface area (TPSA) is 58.4 Å². The van der Waals surface area contributed by atoms with Gasteiger partial charge in [-0.05, 0) is 31.9 Å². The molecule has 0 amide bonds. The van der Waals surface area contributed by atoms with Gasteiger partial charge in [0, 0.05) is 43.4 Å². The Labute approximate surface area is 139 Å². The lowest BCUT2D eigenvalue weighted by Gasteiger charge is -2.25. The van der Waals surface area contributed by atoms with Crippen molar-refractivity contribution in [2.24, 2.45) is 0 Å². The van der Waals surface area contributed by atoms with Gasteiger partial charge in [-0.3, -0.25) is 4.40 Å². The monoisotopic (exact) mass is 328 g/mol. The minimum atomic E-state index is 0.484. The number of hydrogen-bond acceptors (Lipinski definition) is 6. The van der Waals surface area contributed by atoms with Crippen LogP contribution in [0.4, 0.5) is 5.82 Å². The average Bonchev–Trinajstić information content (AvgIpc) is 3.26. The number of fused-ring (bicyclic) bond motifs is 1. The highest BCUT2D eigenvalue weighted by Gasteiger charge is 2.25. The van der Waals surface area contributed by atoms with E-state index in [1.54, 1.807) is 17.5 Å². The molecule has 1 aliphatic rings. The van der Waals surface area contributed by atoms with E-state index in [0.717, 1.165) is 36.1 Å². The number of anilines is 1. The molecule has 4 rings (SSSR count). The van der Waals surface area contributed by atoms with Crippen LogP contribution < -0.4 is 10.2 Å². The highest BCUT2D eigenvalue weighted by atomic mass is 32.1. The number of hydrogen-bond donors (Lipinski definition) is 1. The average molecular weight is 328 g/mol. The van der Waals surface area contributed by atoms with Gasteiger partial charge >= 0.3 is 0 Å². The number of nitrogens with zero attached hydrogens (tertiary/aromatic N) is 5. The number of thiazole rings is 1. The summed E-state index contributed by atoms with van der Waals surface area (Å²) in [6, 6.07) is 4.48. The van der Waals surface area contributed by atoms with Crippen LogP contribution in [-0.4, -0.2) is 38.7 Å². The second-order valence-electron chi connectivity index (χ2n) is 5.90. The number of nitrogens with one attached hydrogen (secondary N) is 1. The lowest BCUT2D eigenvalue weighted by molar-refractivity contribution is 0.563. The Kier molecular flexibility index (Phi) is 3.97. The van der Waals surface area contributed by atoms with Crippen molar-refractivity contribution in [3.05, 3.63) is 41.3 Å². The van der Waals surface area contributed by atoms with Gasteiger partial charge in [-0.2, -0.15) is 5.10 Å². The lowest BCUT2D eigenvalue weighted by atomic mass is 10.2. The quantitative estimate of drug-likeness (QED) is 0.778. The molecule has 0 radical (unpaired) electrons. The lowest BCUT2D eigenvalue weighted by Crippen LogP contribution is -2.38. The summed E-state index contributed by atoms with van der Waals surface area (Å²) >= 11 is 1.68. The fourth-order valence-corrected chi connectivity index (χ4v) is 4.09. The van der Waals surface area contributed by atoms with Crippen LogP contribution in [0, 0.1) is 6.92 Å². The molecular weight excluding hydrogens is 308 g/mol. The molecule has 0 saturated carbocycles. The van der Waals surface area contributed by atoms with E-state index in [0.29, 0.717) is 6.04 Å². The first-order valence-electron chi connectivity index (χ1n) is 7.99. The zero-order valence-electron chi connectivity index (χ0n) is 13.1. The van der Waals surface area contributed by atoms with Crippen LogP contribution in [0.15, 0.2) is 29.9 Å². The van der Waals surface area contributed by atoms with E-state index >= 15 is 0 Å². The molecule has 23 heavy (non-hydrogen) atoms. The molecule has 1 atom stereocenters. The molecule has 7 heteroatoms. The minimum absolute atomic E-state index is 0.484. The summed E-state index contributed by atoms with van der Waals surface area (Å²) < 4.78 is 2.18. The van der Waals surface area contributed by atoms with Crippen molar-refractivity contribution in [1.82, 2.24) is 24.9 Å². The van der Waals surface area contributed by atoms with Crippen LogP contribution in [-0.2, 0) is 6.54 Å². The third kappa shape index (κ3) is 2.82. The van der Waals surface area contributed by atoms with Crippen molar-refractivity contribution in [3.8, 4) is 0 Å². The second kappa shape index (κ2) is 6.25. The fraction of sp³-hybridized carbons (Fsp3) is 0.438. The van der Waals surface area contributed by atoms with Crippen LogP contribution in [0.5, 0.6) is 0 Å². The first kappa shape index (κ1) is 14.6. The van der Waals surface area contributed by atoms with Crippen LogP contribution in [0.3, 0.4) is 0 Å². The third-order valence-electron chi connectivity index (χ3n) is 4.46. The zero-order valence-corrected chi connectivity index (χ0v) is 14.0. The van der Waals surface area contributed by atoms with Gasteiger partial charge in [-0.25, -0.2) is 4.98 Å². The maximum Gasteiger partial charge on any atom is 0.194 e. The van der Waals surface area contributed by atoms with E-state index in [-0.39, 0.29) is 0 Å². The Bertz CT molecular complexity index is 780. The summed E-state index contributed by atoms with van der Waals surface area (Å²) in [5.74, 6) is 0.984. The molecule has 1 fully saturated rings. The molecular formula is C16H20N6S. The number of rotatable bonds is 5. The SMILES string of the molecule is Cc1nc2sccn2c1CNCC1CCCN1c1cccnn1. The van der Waals surface area contributed by atoms with Gasteiger partial charge in [0.2, 0.25) is 0 Å². The Balaban J connectivity index is 1.41. The highest BCUT2D eigenvalue weighted by Crippen LogP contribution is 2.23. The molecule has 1 saturated heterocycles. The van der Waals surface area contributed by atoms with E-state index in [9.17, 15) is 0 Å². The summed E-state index contributed by atoms with van der Waals surface area (Å²) in [5.41, 5.74) is 2.37. The molecule has 0 aliphatic carbocycles. The van der Waals surface area contributed by atoms with Gasteiger partial charge in [0.1, 0.15) is 0 Å². The molecule has 4 heterocycles. The molecule has 0 spiro atoms. The Morgan fingerprint density at radius 1 is 1.43 bits per heavy atom. The molecule has 1 N–H and O–H groups in total. The van der Waals surface area contributed by atoms with E-state index < -0.39 is 0 Å². The summed E-state index contributed by atoms with van der Waals surface area (Å²) in [7, 11) is 0. The summed E-state index contributed by atoms with van der Waals surface area (Å²) in [4.78, 5) is 8.03. The standard InChI is InChI=1S/C16H20N6S/c1-12-14(22-8-9-23-16(22)19-12)11-17-10-13-4-3-7-21(13)15-5-2-6-18-20-15/h2,5-6,8-9,13,17H,3-4,7,10-11H2,1H3. The van der Waals surface area contributed by atoms with Crippen molar-refractivity contribution < 1.29 is 0 Å². The van der Waals surface area contributed by atoms with Gasteiger partial charge in [-0.15, -0.1) is 16.4 Å². The summed E-state index contributed by atoms with van der Waals surface area (Å²) in [6.45, 7) is 4.94. The maximum atomic E-state index is 4.60. The largest absolute Gasteiger partial charge is 0.351 e. The molecule has 0 bridgehead atoms. The van der Waals surface area contributed by atoms with E-state index in [1.165, 1.54) is 18.5 Å². The van der Waals surface area contributed by atoms with E-state index in [1.807, 2.05) is 12.1 Å². The van der Waals surface area contributed by atoms with Gasteiger partial charge in [0.05, 0.1) is 11.4 Å². The molecule has 3 aromatic heterocycles. The summed E-state index contributed by atoms with van der Waals surface area (Å²) in [5, 5.41) is 13.9. The van der Waals surface area contributed by atoms with Crippen molar-refractivity contribution >= 4 is 22.1 Å². The molecule has 6 nitrogen and oxygen atoms in total. The smallest absolute Gasteiger partial charge is 0.194 e. The molecule has 3 aromatic rings. The molecule has 0 aromatic carbocycles. The first-order valence-corrected chi connectivity index (χ1v) is 8.87. The van der Waals surface area contributed by atoms with Gasteiger partial charge in [0.25, 0.3) is 0 Å². The molecule has 1 aliphatic heterocycles. The first-order chi connectivity index (χ1) is 11.3. The number of aryl methyl sites for hydroxylation is 1. The Morgan fingerprint density at radius 2 is 2.39 bits per heavy atom. The van der Waals surface area contributed by atoms with Crippen molar-refractivity contribution in [2.75, 3.05) is 18.0 Å². The van der Waals surface area contributed by atoms with Gasteiger partial charge in [0.15, 0.2) is 10.8 Å². The minimum Gasteiger partial charge on any atom is -0.351 e. The predicted molar refractivity (Wildman–Crippen MR) is 91.9 cm³/mol. The van der Waals surface area contributed by atoms with Crippen LogP contribution in [0.1, 0.15) is 24.2 Å². The Hall–Kier alpha value is -1.99. The van der Waals surface area contributed by atoms with Crippen LogP contribution in [0.2, 0.25) is 0 Å². The highest BCUT2D eigenvalue weighted by molar-refractivity contribution is 7.15. The predicted octanol–water partition coefficient (Wildman–Crippen LogP) is 2.25. The normalized spacial score (nSPS) is 18.1. The molecule has 120 valence electrons. The summed E-state index contributed by atoms with van der Waals surface area (Å²) in [6.07, 6.45) is 6.23. The van der Waals surface area contributed by atoms with Crippen molar-refractivity contribution in [3.63, 3.8) is 0 Å². The van der Waals surface area contributed by atoms with E-state index in [4.69, 9.17) is 0 Å². The third-order valence-corrected chi connectivity index (χ3v) is 5.22.